The molecule has 3 aromatic rings. The predicted molar refractivity (Wildman–Crippen MR) is 102 cm³/mol. The molecule has 0 radical (unpaired) electrons. The topological polar surface area (TPSA) is 47.2 Å². The van der Waals surface area contributed by atoms with Crippen molar-refractivity contribution in [2.75, 3.05) is 6.54 Å². The van der Waals surface area contributed by atoms with Gasteiger partial charge in [0.1, 0.15) is 0 Å². The first-order chi connectivity index (χ1) is 12.5. The average Bonchev–Trinajstić information content (AvgIpc) is 3.25. The van der Waals surface area contributed by atoms with Crippen LogP contribution in [0.15, 0.2) is 47.5 Å². The lowest BCUT2D eigenvalue weighted by Gasteiger charge is -2.25. The van der Waals surface area contributed by atoms with E-state index in [-0.39, 0.29) is 17.5 Å². The van der Waals surface area contributed by atoms with Gasteiger partial charge in [0.05, 0.1) is 22.5 Å². The normalized spacial score (nSPS) is 17.2. The maximum absolute atomic E-state index is 13.4. The summed E-state index contributed by atoms with van der Waals surface area (Å²) in [5.74, 6) is -0.0512. The Balaban J connectivity index is 1.83. The van der Waals surface area contributed by atoms with Gasteiger partial charge >= 0.3 is 0 Å². The average molecular weight is 349 g/mol. The van der Waals surface area contributed by atoms with Gasteiger partial charge in [-0.25, -0.2) is 0 Å². The molecule has 1 atom stereocenters. The second-order valence-electron chi connectivity index (χ2n) is 7.17. The number of rotatable bonds is 2. The molecule has 26 heavy (non-hydrogen) atoms. The van der Waals surface area contributed by atoms with Crippen LogP contribution in [0.4, 0.5) is 0 Å². The molecule has 0 spiro atoms. The quantitative estimate of drug-likeness (QED) is 0.713. The van der Waals surface area contributed by atoms with Gasteiger partial charge in [-0.3, -0.25) is 9.59 Å². The van der Waals surface area contributed by atoms with Crippen LogP contribution in [0.3, 0.4) is 0 Å². The monoisotopic (exact) mass is 349 g/mol. The number of nitrogens with zero attached hydrogens (tertiary/aromatic N) is 3. The van der Waals surface area contributed by atoms with E-state index in [4.69, 9.17) is 0 Å². The second-order valence-corrected chi connectivity index (χ2v) is 7.17. The van der Waals surface area contributed by atoms with E-state index in [0.29, 0.717) is 10.9 Å². The molecule has 1 amide bonds. The number of aryl methyl sites for hydroxylation is 3. The molecule has 4 rings (SSSR count). The highest BCUT2D eigenvalue weighted by Gasteiger charge is 2.32. The van der Waals surface area contributed by atoms with Crippen molar-refractivity contribution in [3.05, 3.63) is 69.8 Å². The highest BCUT2D eigenvalue weighted by molar-refractivity contribution is 6.07. The zero-order valence-electron chi connectivity index (χ0n) is 15.4. The van der Waals surface area contributed by atoms with Gasteiger partial charge in [-0.1, -0.05) is 30.3 Å². The molecule has 0 N–H and O–H groups in total. The summed E-state index contributed by atoms with van der Waals surface area (Å²) in [5.41, 5.74) is 3.37. The molecule has 0 bridgehead atoms. The summed E-state index contributed by atoms with van der Waals surface area (Å²) in [6.45, 7) is 2.69. The van der Waals surface area contributed by atoms with Crippen LogP contribution in [0.1, 0.15) is 40.4 Å². The van der Waals surface area contributed by atoms with Crippen molar-refractivity contribution >= 4 is 16.8 Å². The molecule has 5 nitrogen and oxygen atoms in total. The number of carbonyl (C=O) groups is 1. The third kappa shape index (κ3) is 2.46. The van der Waals surface area contributed by atoms with Crippen LogP contribution in [-0.4, -0.2) is 26.5 Å². The van der Waals surface area contributed by atoms with Crippen molar-refractivity contribution in [2.24, 2.45) is 14.1 Å². The zero-order chi connectivity index (χ0) is 18.4. The van der Waals surface area contributed by atoms with Crippen molar-refractivity contribution in [3.8, 4) is 0 Å². The first-order valence-electron chi connectivity index (χ1n) is 9.00. The fourth-order valence-corrected chi connectivity index (χ4v) is 4.25. The van der Waals surface area contributed by atoms with Crippen molar-refractivity contribution < 1.29 is 4.79 Å². The van der Waals surface area contributed by atoms with E-state index in [1.807, 2.05) is 54.0 Å². The Morgan fingerprint density at radius 3 is 2.54 bits per heavy atom. The van der Waals surface area contributed by atoms with Crippen LogP contribution >= 0.6 is 0 Å². The van der Waals surface area contributed by atoms with E-state index >= 15 is 0 Å². The number of carbonyl (C=O) groups excluding carboxylic acids is 1. The minimum atomic E-state index is -0.120. The van der Waals surface area contributed by atoms with Crippen LogP contribution in [-0.2, 0) is 14.1 Å². The van der Waals surface area contributed by atoms with Gasteiger partial charge in [-0.2, -0.15) is 0 Å². The molecule has 0 saturated carbocycles. The van der Waals surface area contributed by atoms with E-state index in [0.717, 1.165) is 36.0 Å². The Morgan fingerprint density at radius 2 is 1.81 bits per heavy atom. The van der Waals surface area contributed by atoms with E-state index in [1.165, 1.54) is 0 Å². The number of hydrogen-bond acceptors (Lipinski definition) is 2. The van der Waals surface area contributed by atoms with Gasteiger partial charge in [0.15, 0.2) is 0 Å². The Morgan fingerprint density at radius 1 is 1.08 bits per heavy atom. The molecule has 3 heterocycles. The molecule has 134 valence electrons. The number of hydrogen-bond donors (Lipinski definition) is 0. The van der Waals surface area contributed by atoms with Gasteiger partial charge in [0, 0.05) is 33.0 Å². The molecule has 1 aliphatic rings. The smallest absolute Gasteiger partial charge is 0.260 e. The van der Waals surface area contributed by atoms with E-state index < -0.39 is 0 Å². The first-order valence-corrected chi connectivity index (χ1v) is 9.00. The van der Waals surface area contributed by atoms with Crippen LogP contribution in [0, 0.1) is 6.92 Å². The maximum Gasteiger partial charge on any atom is 0.260 e. The highest BCUT2D eigenvalue weighted by atomic mass is 16.2. The summed E-state index contributed by atoms with van der Waals surface area (Å²) in [5, 5.41) is 0.527. The maximum atomic E-state index is 13.4. The van der Waals surface area contributed by atoms with Gasteiger partial charge < -0.3 is 14.0 Å². The number of likely N-dealkylation sites (tertiary alicyclic amines) is 1. The van der Waals surface area contributed by atoms with Crippen molar-refractivity contribution in [1.29, 1.82) is 0 Å². The molecule has 1 aliphatic heterocycles. The molecule has 1 fully saturated rings. The molecule has 1 unspecified atom stereocenters. The molecule has 1 saturated heterocycles. The minimum Gasteiger partial charge on any atom is -0.349 e. The lowest BCUT2D eigenvalue weighted by Crippen LogP contribution is -2.31. The van der Waals surface area contributed by atoms with Crippen LogP contribution in [0.5, 0.6) is 0 Å². The Hall–Kier alpha value is -2.82. The Bertz CT molecular complexity index is 1050. The molecule has 1 aromatic carbocycles. The number of amides is 1. The fraction of sp³-hybridized carbons (Fsp3) is 0.333. The number of pyridine rings is 1. The van der Waals surface area contributed by atoms with Gasteiger partial charge in [0.25, 0.3) is 11.5 Å². The second kappa shape index (κ2) is 6.16. The Kier molecular flexibility index (Phi) is 3.94. The number of benzene rings is 1. The highest BCUT2D eigenvalue weighted by Crippen LogP contribution is 2.34. The van der Waals surface area contributed by atoms with Gasteiger partial charge in [0.2, 0.25) is 0 Å². The van der Waals surface area contributed by atoms with Gasteiger partial charge in [-0.05, 0) is 30.9 Å². The molecule has 0 aliphatic carbocycles. The van der Waals surface area contributed by atoms with Crippen LogP contribution in [0.2, 0.25) is 0 Å². The van der Waals surface area contributed by atoms with Crippen molar-refractivity contribution in [3.63, 3.8) is 0 Å². The standard InChI is InChI=1S/C21H23N3O2/c1-14-12-23(3)21(26)18-16(13-22(2)19(14)18)20(25)24-11-7-10-17(24)15-8-5-4-6-9-15/h4-6,8-9,12-13,17H,7,10-11H2,1-3H3. The third-order valence-corrected chi connectivity index (χ3v) is 5.41. The molecule has 5 heteroatoms. The van der Waals surface area contributed by atoms with E-state index in [2.05, 4.69) is 12.1 Å². The third-order valence-electron chi connectivity index (χ3n) is 5.41. The molecule has 2 aromatic heterocycles. The van der Waals surface area contributed by atoms with Crippen LogP contribution in [0.25, 0.3) is 10.9 Å². The van der Waals surface area contributed by atoms with E-state index in [1.54, 1.807) is 11.6 Å². The SMILES string of the molecule is Cc1cn(C)c(=O)c2c(C(=O)N3CCCC3c3ccccc3)cn(C)c12. The zero-order valence-corrected chi connectivity index (χ0v) is 15.4. The summed E-state index contributed by atoms with van der Waals surface area (Å²) in [6, 6.07) is 10.2. The van der Waals surface area contributed by atoms with Crippen LogP contribution < -0.4 is 5.56 Å². The summed E-state index contributed by atoms with van der Waals surface area (Å²) >= 11 is 0. The number of aromatic nitrogens is 2. The van der Waals surface area contributed by atoms with Crippen molar-refractivity contribution in [1.82, 2.24) is 14.0 Å². The largest absolute Gasteiger partial charge is 0.349 e. The van der Waals surface area contributed by atoms with E-state index in [9.17, 15) is 9.59 Å². The molecular formula is C21H23N3O2. The summed E-state index contributed by atoms with van der Waals surface area (Å²) in [7, 11) is 3.63. The summed E-state index contributed by atoms with van der Waals surface area (Å²) in [4.78, 5) is 28.1. The fourth-order valence-electron chi connectivity index (χ4n) is 4.25. The lowest BCUT2D eigenvalue weighted by atomic mass is 10.0. The Labute approximate surface area is 152 Å². The lowest BCUT2D eigenvalue weighted by molar-refractivity contribution is 0.0737. The van der Waals surface area contributed by atoms with Crippen molar-refractivity contribution in [2.45, 2.75) is 25.8 Å². The van der Waals surface area contributed by atoms with Gasteiger partial charge in [-0.15, -0.1) is 0 Å². The summed E-state index contributed by atoms with van der Waals surface area (Å²) < 4.78 is 3.46. The number of fused-ring (bicyclic) bond motifs is 1. The summed E-state index contributed by atoms with van der Waals surface area (Å²) in [6.07, 6.45) is 5.56. The predicted octanol–water partition coefficient (Wildman–Crippen LogP) is 3.16. The minimum absolute atomic E-state index is 0.0512. The first kappa shape index (κ1) is 16.6. The molecular weight excluding hydrogens is 326 g/mol.